The number of methoxy groups -OCH3 is 1. The second-order valence-corrected chi connectivity index (χ2v) is 3.57. The van der Waals surface area contributed by atoms with Gasteiger partial charge in [-0.25, -0.2) is 4.79 Å². The van der Waals surface area contributed by atoms with Crippen LogP contribution in [0.5, 0.6) is 0 Å². The number of hydrogen-bond acceptors (Lipinski definition) is 4. The molecule has 2 rings (SSSR count). The second kappa shape index (κ2) is 3.09. The van der Waals surface area contributed by atoms with E-state index in [0.29, 0.717) is 0 Å². The number of aromatic amines is 1. The van der Waals surface area contributed by atoms with Crippen molar-refractivity contribution in [3.8, 4) is 0 Å². The van der Waals surface area contributed by atoms with Gasteiger partial charge in [0.25, 0.3) is 0 Å². The first kappa shape index (κ1) is 9.21. The molecule has 0 radical (unpaired) electrons. The molecule has 2 N–H and O–H groups in total. The molecule has 1 aliphatic carbocycles. The monoisotopic (exact) mass is 196 g/mol. The van der Waals surface area contributed by atoms with E-state index >= 15 is 0 Å². The van der Waals surface area contributed by atoms with E-state index in [4.69, 9.17) is 0 Å². The predicted octanol–water partition coefficient (Wildman–Crippen LogP) is -0.0248. The third-order valence-electron chi connectivity index (χ3n) is 2.81. The van der Waals surface area contributed by atoms with E-state index in [0.717, 1.165) is 18.4 Å². The van der Waals surface area contributed by atoms with E-state index in [1.807, 2.05) is 0 Å². The Balaban J connectivity index is 2.21. The van der Waals surface area contributed by atoms with E-state index in [1.165, 1.54) is 7.11 Å². The Morgan fingerprint density at radius 3 is 2.93 bits per heavy atom. The lowest BCUT2D eigenvalue weighted by atomic mass is 9.92. The summed E-state index contributed by atoms with van der Waals surface area (Å²) >= 11 is 0. The first-order valence-electron chi connectivity index (χ1n) is 4.46. The zero-order valence-corrected chi connectivity index (χ0v) is 7.86. The zero-order chi connectivity index (χ0) is 10.2. The van der Waals surface area contributed by atoms with Crippen LogP contribution in [-0.4, -0.2) is 34.5 Å². The topological polar surface area (TPSA) is 75.2 Å². The number of aliphatic hydroxyl groups excluding tert-OH is 1. The van der Waals surface area contributed by atoms with Gasteiger partial charge in [-0.3, -0.25) is 5.10 Å². The number of nitrogens with zero attached hydrogens (tertiary/aromatic N) is 1. The molecule has 76 valence electrons. The van der Waals surface area contributed by atoms with Crippen LogP contribution in [0.3, 0.4) is 0 Å². The lowest BCUT2D eigenvalue weighted by Crippen LogP contribution is -2.34. The third kappa shape index (κ3) is 1.21. The molecule has 0 aliphatic heterocycles. The van der Waals surface area contributed by atoms with Gasteiger partial charge in [-0.15, -0.1) is 0 Å². The highest BCUT2D eigenvalue weighted by Gasteiger charge is 2.54. The van der Waals surface area contributed by atoms with Gasteiger partial charge in [0.05, 0.1) is 13.3 Å². The molecule has 1 unspecified atom stereocenters. The quantitative estimate of drug-likeness (QED) is 0.666. The molecule has 1 aromatic heterocycles. The molecule has 1 fully saturated rings. The fourth-order valence-electron chi connectivity index (χ4n) is 1.72. The third-order valence-corrected chi connectivity index (χ3v) is 2.81. The van der Waals surface area contributed by atoms with Crippen LogP contribution < -0.4 is 0 Å². The number of hydrogen-bond donors (Lipinski definition) is 2. The first-order chi connectivity index (χ1) is 6.70. The number of ether oxygens (including phenoxy) is 1. The Hall–Kier alpha value is -1.36. The van der Waals surface area contributed by atoms with E-state index in [-0.39, 0.29) is 0 Å². The average Bonchev–Trinajstić information content (AvgIpc) is 2.84. The maximum atomic E-state index is 11.2. The Morgan fingerprint density at radius 2 is 2.50 bits per heavy atom. The molecule has 0 bridgehead atoms. The van der Waals surface area contributed by atoms with Gasteiger partial charge in [0.15, 0.2) is 6.10 Å². The molecule has 5 nitrogen and oxygen atoms in total. The molecule has 0 aromatic carbocycles. The molecule has 0 saturated heterocycles. The summed E-state index contributed by atoms with van der Waals surface area (Å²) < 4.78 is 4.52. The highest BCUT2D eigenvalue weighted by atomic mass is 16.5. The summed E-state index contributed by atoms with van der Waals surface area (Å²) in [5.41, 5.74) is 0.413. The van der Waals surface area contributed by atoms with Crippen LogP contribution in [0.15, 0.2) is 12.4 Å². The van der Waals surface area contributed by atoms with Crippen molar-refractivity contribution in [2.24, 2.45) is 0 Å². The normalized spacial score (nSPS) is 20.1. The lowest BCUT2D eigenvalue weighted by Gasteiger charge is -2.18. The smallest absolute Gasteiger partial charge is 0.335 e. The lowest BCUT2D eigenvalue weighted by molar-refractivity contribution is -0.152. The molecule has 1 heterocycles. The van der Waals surface area contributed by atoms with Gasteiger partial charge >= 0.3 is 5.97 Å². The van der Waals surface area contributed by atoms with Gasteiger partial charge in [0.1, 0.15) is 0 Å². The average molecular weight is 196 g/mol. The van der Waals surface area contributed by atoms with Crippen LogP contribution >= 0.6 is 0 Å². The van der Waals surface area contributed by atoms with Crippen molar-refractivity contribution < 1.29 is 14.6 Å². The summed E-state index contributed by atoms with van der Waals surface area (Å²) in [6.45, 7) is 0. The number of carbonyl (C=O) groups excluding carboxylic acids is 1. The van der Waals surface area contributed by atoms with Crippen LogP contribution in [0.1, 0.15) is 18.4 Å². The van der Waals surface area contributed by atoms with Crippen molar-refractivity contribution in [3.63, 3.8) is 0 Å². The van der Waals surface area contributed by atoms with Crippen LogP contribution in [0.4, 0.5) is 0 Å². The van der Waals surface area contributed by atoms with Gasteiger partial charge in [0.2, 0.25) is 0 Å². The maximum absolute atomic E-state index is 11.2. The molecule has 5 heteroatoms. The Kier molecular flexibility index (Phi) is 2.03. The van der Waals surface area contributed by atoms with Crippen LogP contribution in [0, 0.1) is 0 Å². The van der Waals surface area contributed by atoms with E-state index in [2.05, 4.69) is 14.9 Å². The number of esters is 1. The van der Waals surface area contributed by atoms with Crippen molar-refractivity contribution >= 4 is 5.97 Å². The van der Waals surface area contributed by atoms with E-state index in [9.17, 15) is 9.90 Å². The van der Waals surface area contributed by atoms with Crippen molar-refractivity contribution in [1.82, 2.24) is 10.2 Å². The second-order valence-electron chi connectivity index (χ2n) is 3.57. The van der Waals surface area contributed by atoms with Gasteiger partial charge in [-0.2, -0.15) is 5.10 Å². The molecule has 1 aromatic rings. The highest BCUT2D eigenvalue weighted by molar-refractivity contribution is 5.77. The molecular formula is C9H12N2O3. The summed E-state index contributed by atoms with van der Waals surface area (Å²) in [4.78, 5) is 11.2. The molecule has 14 heavy (non-hydrogen) atoms. The number of aliphatic hydroxyl groups is 1. The SMILES string of the molecule is COC(=O)C(O)C1(c2cn[nH]c2)CC1. The first-order valence-corrected chi connectivity index (χ1v) is 4.46. The summed E-state index contributed by atoms with van der Waals surface area (Å²) in [7, 11) is 1.27. The Bertz CT molecular complexity index is 330. The van der Waals surface area contributed by atoms with Gasteiger partial charge < -0.3 is 9.84 Å². The van der Waals surface area contributed by atoms with Crippen molar-refractivity contribution in [3.05, 3.63) is 18.0 Å². The molecular weight excluding hydrogens is 184 g/mol. The number of carbonyl (C=O) groups is 1. The summed E-state index contributed by atoms with van der Waals surface area (Å²) in [5, 5.41) is 16.2. The standard InChI is InChI=1S/C9H12N2O3/c1-14-8(13)7(12)9(2-3-9)6-4-10-11-5-6/h4-5,7,12H,2-3H2,1H3,(H,10,11). The van der Waals surface area contributed by atoms with Gasteiger partial charge in [-0.1, -0.05) is 0 Å². The Morgan fingerprint density at radius 1 is 1.79 bits per heavy atom. The highest BCUT2D eigenvalue weighted by Crippen LogP contribution is 2.50. The van der Waals surface area contributed by atoms with E-state index < -0.39 is 17.5 Å². The minimum Gasteiger partial charge on any atom is -0.467 e. The summed E-state index contributed by atoms with van der Waals surface area (Å²) in [6, 6.07) is 0. The summed E-state index contributed by atoms with van der Waals surface area (Å²) in [5.74, 6) is -0.580. The van der Waals surface area contributed by atoms with Crippen molar-refractivity contribution in [2.75, 3.05) is 7.11 Å². The molecule has 1 atom stereocenters. The number of H-pyrrole nitrogens is 1. The minimum atomic E-state index is -1.08. The van der Waals surface area contributed by atoms with Gasteiger partial charge in [0, 0.05) is 11.6 Å². The fraction of sp³-hybridized carbons (Fsp3) is 0.556. The maximum Gasteiger partial charge on any atom is 0.335 e. The van der Waals surface area contributed by atoms with Crippen LogP contribution in [-0.2, 0) is 14.9 Å². The zero-order valence-electron chi connectivity index (χ0n) is 7.86. The van der Waals surface area contributed by atoms with Crippen molar-refractivity contribution in [2.45, 2.75) is 24.4 Å². The molecule has 1 aliphatic rings. The number of rotatable bonds is 3. The Labute approximate surface area is 81.1 Å². The van der Waals surface area contributed by atoms with Crippen LogP contribution in [0.25, 0.3) is 0 Å². The molecule has 1 saturated carbocycles. The van der Waals surface area contributed by atoms with Crippen molar-refractivity contribution in [1.29, 1.82) is 0 Å². The fourth-order valence-corrected chi connectivity index (χ4v) is 1.72. The molecule has 0 spiro atoms. The predicted molar refractivity (Wildman–Crippen MR) is 47.5 cm³/mol. The van der Waals surface area contributed by atoms with Gasteiger partial charge in [-0.05, 0) is 18.4 Å². The van der Waals surface area contributed by atoms with E-state index in [1.54, 1.807) is 12.4 Å². The minimum absolute atomic E-state index is 0.458. The molecule has 0 amide bonds. The number of nitrogens with one attached hydrogen (secondary N) is 1. The largest absolute Gasteiger partial charge is 0.467 e. The van der Waals surface area contributed by atoms with Crippen LogP contribution in [0.2, 0.25) is 0 Å². The summed E-state index contributed by atoms with van der Waals surface area (Å²) in [6.07, 6.45) is 3.86. The number of aromatic nitrogens is 2.